The van der Waals surface area contributed by atoms with Crippen molar-refractivity contribution < 1.29 is 14.6 Å². The lowest BCUT2D eigenvalue weighted by atomic mass is 9.68. The molecular formula is C20H29NO3. The van der Waals surface area contributed by atoms with E-state index in [1.54, 1.807) is 0 Å². The van der Waals surface area contributed by atoms with Crippen LogP contribution >= 0.6 is 0 Å². The van der Waals surface area contributed by atoms with E-state index in [1.165, 1.54) is 5.56 Å². The van der Waals surface area contributed by atoms with Gasteiger partial charge in [-0.1, -0.05) is 19.1 Å². The molecule has 0 unspecified atom stereocenters. The number of nitrogens with zero attached hydrogens (tertiary/aromatic N) is 1. The highest BCUT2D eigenvalue weighted by Gasteiger charge is 2.51. The van der Waals surface area contributed by atoms with Gasteiger partial charge in [-0.15, -0.1) is 0 Å². The maximum absolute atomic E-state index is 13.1. The van der Waals surface area contributed by atoms with Crippen molar-refractivity contribution in [1.82, 2.24) is 0 Å². The lowest BCUT2D eigenvalue weighted by molar-refractivity contribution is -0.133. The number of anilines is 1. The summed E-state index contributed by atoms with van der Waals surface area (Å²) in [6, 6.07) is 8.33. The minimum absolute atomic E-state index is 0.241. The highest BCUT2D eigenvalue weighted by atomic mass is 16.5. The van der Waals surface area contributed by atoms with E-state index in [0.717, 1.165) is 37.9 Å². The SMILES string of the molecule is CCOC[C@]1(O)CC[C@]2(CCN(c3ccc(CC)cc3)C2=O)CC1. The van der Waals surface area contributed by atoms with Crippen molar-refractivity contribution in [1.29, 1.82) is 0 Å². The molecule has 1 saturated carbocycles. The summed E-state index contributed by atoms with van der Waals surface area (Å²) in [5, 5.41) is 10.6. The molecule has 1 amide bonds. The Morgan fingerprint density at radius 2 is 1.75 bits per heavy atom. The zero-order valence-corrected chi connectivity index (χ0v) is 14.9. The van der Waals surface area contributed by atoms with E-state index in [4.69, 9.17) is 4.74 Å². The summed E-state index contributed by atoms with van der Waals surface area (Å²) < 4.78 is 5.42. The van der Waals surface area contributed by atoms with Crippen LogP contribution in [0.5, 0.6) is 0 Å². The molecule has 4 heteroatoms. The molecule has 1 N–H and O–H groups in total. The van der Waals surface area contributed by atoms with Crippen molar-refractivity contribution in [3.63, 3.8) is 0 Å². The molecule has 1 aliphatic carbocycles. The van der Waals surface area contributed by atoms with E-state index in [-0.39, 0.29) is 11.3 Å². The fourth-order valence-corrected chi connectivity index (χ4v) is 4.07. The maximum atomic E-state index is 13.1. The Bertz CT molecular complexity index is 573. The summed E-state index contributed by atoms with van der Waals surface area (Å²) in [7, 11) is 0. The molecule has 1 spiro atoms. The lowest BCUT2D eigenvalue weighted by Crippen LogP contribution is -2.45. The van der Waals surface area contributed by atoms with Crippen molar-refractivity contribution in [2.75, 3.05) is 24.7 Å². The molecule has 1 aromatic rings. The van der Waals surface area contributed by atoms with Gasteiger partial charge in [-0.3, -0.25) is 4.79 Å². The summed E-state index contributed by atoms with van der Waals surface area (Å²) in [6.45, 7) is 5.87. The number of amides is 1. The summed E-state index contributed by atoms with van der Waals surface area (Å²) in [5.41, 5.74) is 1.27. The molecule has 0 bridgehead atoms. The Labute approximate surface area is 144 Å². The monoisotopic (exact) mass is 331 g/mol. The number of aliphatic hydroxyl groups is 1. The third kappa shape index (κ3) is 3.22. The zero-order valence-electron chi connectivity index (χ0n) is 14.9. The summed E-state index contributed by atoms with van der Waals surface area (Å²) >= 11 is 0. The first-order valence-corrected chi connectivity index (χ1v) is 9.23. The van der Waals surface area contributed by atoms with Crippen molar-refractivity contribution in [3.8, 4) is 0 Å². The number of benzene rings is 1. The van der Waals surface area contributed by atoms with Gasteiger partial charge in [0.15, 0.2) is 0 Å². The van der Waals surface area contributed by atoms with Gasteiger partial charge >= 0.3 is 0 Å². The highest BCUT2D eigenvalue weighted by Crippen LogP contribution is 2.48. The minimum atomic E-state index is -0.752. The molecular weight excluding hydrogens is 302 g/mol. The Hall–Kier alpha value is -1.39. The predicted molar refractivity (Wildman–Crippen MR) is 95.1 cm³/mol. The minimum Gasteiger partial charge on any atom is -0.387 e. The van der Waals surface area contributed by atoms with Crippen molar-refractivity contribution in [2.45, 2.75) is 58.0 Å². The van der Waals surface area contributed by atoms with Crippen molar-refractivity contribution in [3.05, 3.63) is 29.8 Å². The summed E-state index contributed by atoms with van der Waals surface area (Å²) in [4.78, 5) is 15.0. The van der Waals surface area contributed by atoms with Crippen LogP contribution in [0.2, 0.25) is 0 Å². The number of carbonyl (C=O) groups is 1. The predicted octanol–water partition coefficient (Wildman–Crippen LogP) is 3.31. The van der Waals surface area contributed by atoms with Gasteiger partial charge < -0.3 is 14.7 Å². The van der Waals surface area contributed by atoms with Crippen LogP contribution < -0.4 is 4.90 Å². The molecule has 0 radical (unpaired) electrons. The van der Waals surface area contributed by atoms with Crippen LogP contribution in [-0.2, 0) is 16.0 Å². The molecule has 0 atom stereocenters. The number of hydrogen-bond acceptors (Lipinski definition) is 3. The van der Waals surface area contributed by atoms with Gasteiger partial charge in [0.05, 0.1) is 17.6 Å². The third-order valence-electron chi connectivity index (χ3n) is 5.88. The van der Waals surface area contributed by atoms with Crippen LogP contribution in [0.3, 0.4) is 0 Å². The summed E-state index contributed by atoms with van der Waals surface area (Å²) in [5.74, 6) is 0.241. The number of aryl methyl sites for hydroxylation is 1. The van der Waals surface area contributed by atoms with E-state index in [1.807, 2.05) is 11.8 Å². The first-order chi connectivity index (χ1) is 11.5. The fraction of sp³-hybridized carbons (Fsp3) is 0.650. The van der Waals surface area contributed by atoms with Crippen LogP contribution in [0, 0.1) is 5.41 Å². The number of rotatable bonds is 5. The molecule has 2 fully saturated rings. The van der Waals surface area contributed by atoms with Gasteiger partial charge in [-0.25, -0.2) is 0 Å². The van der Waals surface area contributed by atoms with Crippen LogP contribution in [-0.4, -0.2) is 36.4 Å². The molecule has 4 nitrogen and oxygen atoms in total. The van der Waals surface area contributed by atoms with Crippen LogP contribution in [0.1, 0.15) is 51.5 Å². The van der Waals surface area contributed by atoms with E-state index in [0.29, 0.717) is 26.1 Å². The first kappa shape index (κ1) is 17.4. The van der Waals surface area contributed by atoms with Gasteiger partial charge in [0.2, 0.25) is 5.91 Å². The van der Waals surface area contributed by atoms with Gasteiger partial charge in [0, 0.05) is 18.8 Å². The zero-order chi connectivity index (χ0) is 17.2. The number of hydrogen-bond donors (Lipinski definition) is 1. The number of ether oxygens (including phenoxy) is 1. The van der Waals surface area contributed by atoms with Crippen molar-refractivity contribution >= 4 is 11.6 Å². The highest BCUT2D eigenvalue weighted by molar-refractivity contribution is 6.00. The van der Waals surface area contributed by atoms with E-state index in [9.17, 15) is 9.90 Å². The van der Waals surface area contributed by atoms with Gasteiger partial charge in [-0.2, -0.15) is 0 Å². The van der Waals surface area contributed by atoms with E-state index >= 15 is 0 Å². The average molecular weight is 331 g/mol. The standard InChI is InChI=1S/C20H29NO3/c1-3-16-5-7-17(8-6-16)21-14-13-19(18(21)22)9-11-20(23,12-10-19)15-24-4-2/h5-8,23H,3-4,9-15H2,1-2H3/t19-,20+. The fourth-order valence-electron chi connectivity index (χ4n) is 4.07. The molecule has 132 valence electrons. The summed E-state index contributed by atoms with van der Waals surface area (Å²) in [6.07, 6.45) is 4.74. The molecule has 1 aliphatic heterocycles. The largest absolute Gasteiger partial charge is 0.387 e. The van der Waals surface area contributed by atoms with Gasteiger partial charge in [-0.05, 0) is 63.1 Å². The van der Waals surface area contributed by atoms with E-state index in [2.05, 4.69) is 31.2 Å². The molecule has 1 heterocycles. The van der Waals surface area contributed by atoms with Gasteiger partial charge in [0.1, 0.15) is 0 Å². The molecule has 0 aromatic heterocycles. The quantitative estimate of drug-likeness (QED) is 0.900. The normalized spacial score (nSPS) is 30.3. The Morgan fingerprint density at radius 1 is 1.08 bits per heavy atom. The molecule has 3 rings (SSSR count). The first-order valence-electron chi connectivity index (χ1n) is 9.23. The number of carbonyl (C=O) groups excluding carboxylic acids is 1. The molecule has 1 saturated heterocycles. The van der Waals surface area contributed by atoms with Crippen molar-refractivity contribution in [2.24, 2.45) is 5.41 Å². The second-order valence-corrected chi connectivity index (χ2v) is 7.37. The Kier molecular flexibility index (Phi) is 4.97. The average Bonchev–Trinajstić information content (AvgIpc) is 2.93. The second-order valence-electron chi connectivity index (χ2n) is 7.37. The van der Waals surface area contributed by atoms with Crippen LogP contribution in [0.4, 0.5) is 5.69 Å². The van der Waals surface area contributed by atoms with E-state index < -0.39 is 5.60 Å². The lowest BCUT2D eigenvalue weighted by Gasteiger charge is -2.40. The second kappa shape index (κ2) is 6.85. The Morgan fingerprint density at radius 3 is 2.33 bits per heavy atom. The smallest absolute Gasteiger partial charge is 0.233 e. The third-order valence-corrected chi connectivity index (χ3v) is 5.88. The molecule has 1 aromatic carbocycles. The molecule has 2 aliphatic rings. The van der Waals surface area contributed by atoms with Gasteiger partial charge in [0.25, 0.3) is 0 Å². The topological polar surface area (TPSA) is 49.8 Å². The Balaban J connectivity index is 1.68. The molecule has 24 heavy (non-hydrogen) atoms. The van der Waals surface area contributed by atoms with Crippen LogP contribution in [0.25, 0.3) is 0 Å². The maximum Gasteiger partial charge on any atom is 0.233 e. The van der Waals surface area contributed by atoms with Crippen LogP contribution in [0.15, 0.2) is 24.3 Å².